The van der Waals surface area contributed by atoms with Crippen molar-refractivity contribution in [3.05, 3.63) is 29.3 Å². The maximum Gasteiger partial charge on any atom is 0.299 e. The number of aryl methyl sites for hydroxylation is 1. The zero-order valence-electron chi connectivity index (χ0n) is 7.47. The van der Waals surface area contributed by atoms with Crippen LogP contribution in [-0.2, 0) is 0 Å². The number of nitrogens with zero attached hydrogens (tertiary/aromatic N) is 2. The van der Waals surface area contributed by atoms with E-state index in [-0.39, 0.29) is 5.75 Å². The van der Waals surface area contributed by atoms with Crippen molar-refractivity contribution in [1.82, 2.24) is 10.2 Å². The Kier molecular flexibility index (Phi) is 2.32. The molecule has 14 heavy (non-hydrogen) atoms. The molecule has 1 aromatic carbocycles. The summed E-state index contributed by atoms with van der Waals surface area (Å²) >= 11 is 1.34. The average molecular weight is 208 g/mol. The highest BCUT2D eigenvalue weighted by Gasteiger charge is 2.05. The summed E-state index contributed by atoms with van der Waals surface area (Å²) in [6.45, 7) is 1.84. The molecule has 0 bridgehead atoms. The number of phenolic OH excluding ortho intramolecular Hbond substituents is 1. The van der Waals surface area contributed by atoms with Gasteiger partial charge in [-0.05, 0) is 19.1 Å². The van der Waals surface area contributed by atoms with E-state index in [1.165, 1.54) is 11.3 Å². The van der Waals surface area contributed by atoms with Crippen LogP contribution in [0.15, 0.2) is 24.3 Å². The number of aromatic hydroxyl groups is 1. The van der Waals surface area contributed by atoms with Crippen LogP contribution in [0.5, 0.6) is 16.7 Å². The molecule has 0 aliphatic rings. The van der Waals surface area contributed by atoms with Gasteiger partial charge >= 0.3 is 0 Å². The van der Waals surface area contributed by atoms with Crippen LogP contribution < -0.4 is 4.74 Å². The fourth-order valence-electron chi connectivity index (χ4n) is 0.957. The molecule has 4 nitrogen and oxygen atoms in total. The second-order valence-electron chi connectivity index (χ2n) is 2.66. The number of para-hydroxylation sites is 2. The molecule has 2 aromatic rings. The van der Waals surface area contributed by atoms with Crippen molar-refractivity contribution in [3.8, 4) is 16.7 Å². The van der Waals surface area contributed by atoms with Crippen molar-refractivity contribution < 1.29 is 9.84 Å². The second kappa shape index (κ2) is 3.63. The van der Waals surface area contributed by atoms with Gasteiger partial charge in [-0.1, -0.05) is 28.6 Å². The molecule has 0 fully saturated rings. The van der Waals surface area contributed by atoms with Crippen molar-refractivity contribution in [1.29, 1.82) is 0 Å². The number of hydrogen-bond acceptors (Lipinski definition) is 5. The minimum absolute atomic E-state index is 0.0975. The molecule has 1 aromatic heterocycles. The first-order valence-corrected chi connectivity index (χ1v) is 4.83. The smallest absolute Gasteiger partial charge is 0.299 e. The summed E-state index contributed by atoms with van der Waals surface area (Å²) in [5.74, 6) is 0.490. The van der Waals surface area contributed by atoms with Gasteiger partial charge in [-0.3, -0.25) is 0 Å². The Hall–Kier alpha value is -1.62. The lowest BCUT2D eigenvalue weighted by Crippen LogP contribution is -1.83. The van der Waals surface area contributed by atoms with E-state index in [2.05, 4.69) is 10.2 Å². The van der Waals surface area contributed by atoms with Gasteiger partial charge in [0.1, 0.15) is 5.01 Å². The molecule has 0 saturated carbocycles. The van der Waals surface area contributed by atoms with Crippen LogP contribution in [0.3, 0.4) is 0 Å². The predicted molar refractivity (Wildman–Crippen MR) is 52.8 cm³/mol. The average Bonchev–Trinajstić information content (AvgIpc) is 2.56. The Morgan fingerprint density at radius 2 is 2.07 bits per heavy atom. The van der Waals surface area contributed by atoms with Crippen LogP contribution >= 0.6 is 11.3 Å². The highest BCUT2D eigenvalue weighted by Crippen LogP contribution is 2.31. The summed E-state index contributed by atoms with van der Waals surface area (Å²) in [5.41, 5.74) is 0. The lowest BCUT2D eigenvalue weighted by molar-refractivity contribution is 0.408. The molecule has 1 heterocycles. The molecule has 2 rings (SSSR count). The van der Waals surface area contributed by atoms with Gasteiger partial charge in [0.15, 0.2) is 11.5 Å². The van der Waals surface area contributed by atoms with Crippen molar-refractivity contribution in [2.75, 3.05) is 0 Å². The molecule has 0 unspecified atom stereocenters. The number of ether oxygens (including phenoxy) is 1. The fourth-order valence-corrected chi connectivity index (χ4v) is 1.50. The Morgan fingerprint density at radius 1 is 1.29 bits per heavy atom. The Balaban J connectivity index is 2.23. The zero-order chi connectivity index (χ0) is 9.97. The zero-order valence-corrected chi connectivity index (χ0v) is 8.28. The molecule has 0 radical (unpaired) electrons. The monoisotopic (exact) mass is 208 g/mol. The normalized spacial score (nSPS) is 10.1. The van der Waals surface area contributed by atoms with E-state index in [1.807, 2.05) is 6.92 Å². The largest absolute Gasteiger partial charge is 0.504 e. The quantitative estimate of drug-likeness (QED) is 0.823. The van der Waals surface area contributed by atoms with E-state index in [4.69, 9.17) is 4.74 Å². The highest BCUT2D eigenvalue weighted by molar-refractivity contribution is 7.13. The topological polar surface area (TPSA) is 55.2 Å². The Morgan fingerprint density at radius 3 is 2.71 bits per heavy atom. The molecule has 0 atom stereocenters. The SMILES string of the molecule is Cc1nnc(Oc2ccccc2O)s1. The van der Waals surface area contributed by atoms with Crippen LogP contribution in [0.25, 0.3) is 0 Å². The lowest BCUT2D eigenvalue weighted by Gasteiger charge is -2.01. The van der Waals surface area contributed by atoms with Crippen molar-refractivity contribution in [2.24, 2.45) is 0 Å². The van der Waals surface area contributed by atoms with Gasteiger partial charge in [0, 0.05) is 0 Å². The van der Waals surface area contributed by atoms with E-state index >= 15 is 0 Å². The van der Waals surface area contributed by atoms with Crippen LogP contribution in [0.1, 0.15) is 5.01 Å². The van der Waals surface area contributed by atoms with Crippen LogP contribution in [0, 0.1) is 6.92 Å². The van der Waals surface area contributed by atoms with Crippen molar-refractivity contribution in [3.63, 3.8) is 0 Å². The molecule has 0 spiro atoms. The summed E-state index contributed by atoms with van der Waals surface area (Å²) < 4.78 is 5.32. The van der Waals surface area contributed by atoms with E-state index in [0.29, 0.717) is 10.9 Å². The summed E-state index contributed by atoms with van der Waals surface area (Å²) in [6, 6.07) is 6.74. The molecule has 0 aliphatic heterocycles. The van der Waals surface area contributed by atoms with Gasteiger partial charge < -0.3 is 9.84 Å². The first-order valence-electron chi connectivity index (χ1n) is 4.01. The van der Waals surface area contributed by atoms with Gasteiger partial charge in [0.25, 0.3) is 5.19 Å². The van der Waals surface area contributed by atoms with Gasteiger partial charge in [-0.25, -0.2) is 0 Å². The van der Waals surface area contributed by atoms with Crippen molar-refractivity contribution in [2.45, 2.75) is 6.92 Å². The second-order valence-corrected chi connectivity index (χ2v) is 3.80. The maximum atomic E-state index is 9.41. The molecule has 1 N–H and O–H groups in total. The van der Waals surface area contributed by atoms with E-state index in [0.717, 1.165) is 5.01 Å². The third-order valence-electron chi connectivity index (χ3n) is 1.57. The molecule has 0 amide bonds. The van der Waals surface area contributed by atoms with Gasteiger partial charge in [0.05, 0.1) is 0 Å². The van der Waals surface area contributed by atoms with Crippen LogP contribution in [-0.4, -0.2) is 15.3 Å². The summed E-state index contributed by atoms with van der Waals surface area (Å²) in [5, 5.41) is 18.3. The Bertz CT molecular complexity index is 442. The number of hydrogen-bond donors (Lipinski definition) is 1. The van der Waals surface area contributed by atoms with Gasteiger partial charge in [0.2, 0.25) is 0 Å². The number of benzene rings is 1. The predicted octanol–water partition coefficient (Wildman–Crippen LogP) is 2.34. The highest BCUT2D eigenvalue weighted by atomic mass is 32.1. The van der Waals surface area contributed by atoms with Crippen molar-refractivity contribution >= 4 is 11.3 Å². The van der Waals surface area contributed by atoms with Crippen LogP contribution in [0.2, 0.25) is 0 Å². The van der Waals surface area contributed by atoms with E-state index in [1.54, 1.807) is 24.3 Å². The maximum absolute atomic E-state index is 9.41. The number of aromatic nitrogens is 2. The van der Waals surface area contributed by atoms with Gasteiger partial charge in [-0.15, -0.1) is 5.10 Å². The Labute approximate surface area is 84.8 Å². The summed E-state index contributed by atoms with van der Waals surface area (Å²) in [4.78, 5) is 0. The standard InChI is InChI=1S/C9H8N2O2S/c1-6-10-11-9(14-6)13-8-5-3-2-4-7(8)12/h2-5,12H,1H3. The molecular weight excluding hydrogens is 200 g/mol. The summed E-state index contributed by atoms with van der Waals surface area (Å²) in [7, 11) is 0. The molecule has 0 aliphatic carbocycles. The minimum Gasteiger partial charge on any atom is -0.504 e. The van der Waals surface area contributed by atoms with E-state index in [9.17, 15) is 5.11 Å². The van der Waals surface area contributed by atoms with Gasteiger partial charge in [-0.2, -0.15) is 0 Å². The minimum atomic E-state index is 0.0975. The molecular formula is C9H8N2O2S. The lowest BCUT2D eigenvalue weighted by atomic mass is 10.3. The third kappa shape index (κ3) is 1.82. The summed E-state index contributed by atoms with van der Waals surface area (Å²) in [6.07, 6.45) is 0. The van der Waals surface area contributed by atoms with E-state index < -0.39 is 0 Å². The first kappa shape index (κ1) is 8.96. The number of phenols is 1. The first-order chi connectivity index (χ1) is 6.75. The molecule has 72 valence electrons. The number of rotatable bonds is 2. The third-order valence-corrected chi connectivity index (χ3v) is 2.29. The fraction of sp³-hybridized carbons (Fsp3) is 0.111. The molecule has 5 heteroatoms. The molecule has 0 saturated heterocycles. The van der Waals surface area contributed by atoms with Crippen LogP contribution in [0.4, 0.5) is 0 Å².